The molecule has 0 amide bonds. The Balaban J connectivity index is 1.87. The van der Waals surface area contributed by atoms with Gasteiger partial charge in [-0.3, -0.25) is 0 Å². The molecule has 2 heterocycles. The van der Waals surface area contributed by atoms with Crippen molar-refractivity contribution in [3.63, 3.8) is 0 Å². The van der Waals surface area contributed by atoms with Gasteiger partial charge in [-0.05, 0) is 30.7 Å². The van der Waals surface area contributed by atoms with Gasteiger partial charge in [0, 0.05) is 23.3 Å². The zero-order valence-corrected chi connectivity index (χ0v) is 14.8. The predicted molar refractivity (Wildman–Crippen MR) is 95.7 cm³/mol. The Morgan fingerprint density at radius 1 is 1.07 bits per heavy atom. The summed E-state index contributed by atoms with van der Waals surface area (Å²) in [5, 5.41) is 11.5. The second-order valence-corrected chi connectivity index (χ2v) is 6.24. The van der Waals surface area contributed by atoms with Crippen molar-refractivity contribution in [1.82, 2.24) is 15.4 Å². The molecule has 2 aromatic carbocycles. The fraction of sp³-hybridized carbons (Fsp3) is 0.105. The predicted octanol–water partition coefficient (Wildman–Crippen LogP) is 5.13. The van der Waals surface area contributed by atoms with Crippen LogP contribution in [0.15, 0.2) is 47.2 Å². The molecule has 0 saturated heterocycles. The molecule has 2 aromatic heterocycles. The molecule has 6 nitrogen and oxygen atoms in total. The van der Waals surface area contributed by atoms with Crippen LogP contribution in [0.4, 0.5) is 23.4 Å². The van der Waals surface area contributed by atoms with Gasteiger partial charge < -0.3 is 15.0 Å². The molecule has 2 N–H and O–H groups in total. The van der Waals surface area contributed by atoms with Crippen molar-refractivity contribution in [2.45, 2.75) is 13.1 Å². The van der Waals surface area contributed by atoms with Crippen LogP contribution in [0, 0.1) is 12.7 Å². The minimum absolute atomic E-state index is 0.00482. The van der Waals surface area contributed by atoms with E-state index in [2.05, 4.69) is 15.4 Å². The normalized spacial score (nSPS) is 11.8. The quantitative estimate of drug-likeness (QED) is 0.477. The van der Waals surface area contributed by atoms with E-state index in [1.807, 2.05) is 0 Å². The minimum atomic E-state index is -4.87. The van der Waals surface area contributed by atoms with Crippen LogP contribution in [-0.2, 0) is 6.18 Å². The number of aromatic nitrogens is 3. The molecule has 0 unspecified atom stereocenters. The zero-order valence-electron chi connectivity index (χ0n) is 14.8. The third-order valence-corrected chi connectivity index (χ3v) is 4.29. The largest absolute Gasteiger partial charge is 0.456 e. The maximum atomic E-state index is 14.2. The summed E-state index contributed by atoms with van der Waals surface area (Å²) < 4.78 is 64.7. The van der Waals surface area contributed by atoms with E-state index in [-0.39, 0.29) is 28.4 Å². The van der Waals surface area contributed by atoms with Crippen molar-refractivity contribution < 1.29 is 26.8 Å². The summed E-state index contributed by atoms with van der Waals surface area (Å²) in [6, 6.07) is 5.96. The zero-order chi connectivity index (χ0) is 20.8. The average Bonchev–Trinajstić information content (AvgIpc) is 3.02. The molecule has 0 bridgehead atoms. The summed E-state index contributed by atoms with van der Waals surface area (Å²) >= 11 is 0. The molecule has 0 atom stereocenters. The van der Waals surface area contributed by atoms with Crippen molar-refractivity contribution in [2.24, 2.45) is 0 Å². The number of alkyl halides is 3. The molecule has 0 aliphatic heterocycles. The first-order chi connectivity index (χ1) is 13.7. The van der Waals surface area contributed by atoms with Crippen molar-refractivity contribution in [3.05, 3.63) is 59.7 Å². The standard InChI is InChI=1S/C19H12F4N4O2/c1-9-4-12-17(29-27-18(12)24)7-15(9)28-16-6-14(20)13(19(21,22)23)5-11(16)10-2-3-25-26-8-10/h2-8H,1H3,(H2,24,27). The van der Waals surface area contributed by atoms with E-state index in [0.717, 1.165) is 0 Å². The van der Waals surface area contributed by atoms with Crippen LogP contribution in [0.5, 0.6) is 11.5 Å². The smallest absolute Gasteiger partial charge is 0.419 e. The highest BCUT2D eigenvalue weighted by atomic mass is 19.4. The Kier molecular flexibility index (Phi) is 4.33. The maximum Gasteiger partial charge on any atom is 0.419 e. The van der Waals surface area contributed by atoms with Gasteiger partial charge in [0.15, 0.2) is 11.4 Å². The summed E-state index contributed by atoms with van der Waals surface area (Å²) in [5.74, 6) is -1.14. The number of rotatable bonds is 3. The van der Waals surface area contributed by atoms with Gasteiger partial charge in [-0.25, -0.2) is 4.39 Å². The van der Waals surface area contributed by atoms with E-state index in [0.29, 0.717) is 28.7 Å². The van der Waals surface area contributed by atoms with Crippen molar-refractivity contribution >= 4 is 16.8 Å². The number of nitrogens with two attached hydrogens (primary N) is 1. The van der Waals surface area contributed by atoms with Gasteiger partial charge in [0.2, 0.25) is 0 Å². The molecule has 0 radical (unpaired) electrons. The molecule has 148 valence electrons. The van der Waals surface area contributed by atoms with E-state index in [4.69, 9.17) is 15.0 Å². The molecule has 10 heteroatoms. The summed E-state index contributed by atoms with van der Waals surface area (Å²) in [6.07, 6.45) is -2.30. The Hall–Kier alpha value is -3.69. The van der Waals surface area contributed by atoms with Gasteiger partial charge in [0.1, 0.15) is 17.3 Å². The Bertz CT molecular complexity index is 1210. The Labute approximate surface area is 160 Å². The third-order valence-electron chi connectivity index (χ3n) is 4.29. The second kappa shape index (κ2) is 6.73. The molecule has 0 fully saturated rings. The molecular formula is C19H12F4N4O2. The minimum Gasteiger partial charge on any atom is -0.456 e. The van der Waals surface area contributed by atoms with Gasteiger partial charge in [0.25, 0.3) is 0 Å². The highest BCUT2D eigenvalue weighted by molar-refractivity contribution is 5.89. The molecule has 0 spiro atoms. The van der Waals surface area contributed by atoms with Crippen LogP contribution in [0.3, 0.4) is 0 Å². The van der Waals surface area contributed by atoms with E-state index in [1.165, 1.54) is 24.5 Å². The van der Waals surface area contributed by atoms with Crippen molar-refractivity contribution in [1.29, 1.82) is 0 Å². The lowest BCUT2D eigenvalue weighted by molar-refractivity contribution is -0.139. The van der Waals surface area contributed by atoms with E-state index >= 15 is 0 Å². The molecular weight excluding hydrogens is 392 g/mol. The van der Waals surface area contributed by atoms with E-state index < -0.39 is 17.6 Å². The number of anilines is 1. The molecule has 0 aliphatic rings. The number of halogens is 4. The van der Waals surface area contributed by atoms with E-state index in [9.17, 15) is 17.6 Å². The van der Waals surface area contributed by atoms with Crippen molar-refractivity contribution in [3.8, 4) is 22.6 Å². The van der Waals surface area contributed by atoms with Gasteiger partial charge in [-0.2, -0.15) is 23.4 Å². The first-order valence-corrected chi connectivity index (χ1v) is 8.25. The van der Waals surface area contributed by atoms with Gasteiger partial charge in [-0.15, -0.1) is 0 Å². The third kappa shape index (κ3) is 3.44. The summed E-state index contributed by atoms with van der Waals surface area (Å²) in [5.41, 5.74) is 5.51. The van der Waals surface area contributed by atoms with Crippen LogP contribution in [0.2, 0.25) is 0 Å². The molecule has 4 rings (SSSR count). The number of nitrogen functional groups attached to an aromatic ring is 1. The number of nitrogens with zero attached hydrogens (tertiary/aromatic N) is 3. The molecule has 0 saturated carbocycles. The number of aryl methyl sites for hydroxylation is 1. The highest BCUT2D eigenvalue weighted by Gasteiger charge is 2.35. The Morgan fingerprint density at radius 2 is 1.86 bits per heavy atom. The fourth-order valence-electron chi connectivity index (χ4n) is 2.85. The van der Waals surface area contributed by atoms with Gasteiger partial charge in [0.05, 0.1) is 23.3 Å². The number of hydrogen-bond acceptors (Lipinski definition) is 6. The number of hydrogen-bond donors (Lipinski definition) is 1. The summed E-state index contributed by atoms with van der Waals surface area (Å²) in [6.45, 7) is 1.70. The van der Waals surface area contributed by atoms with Gasteiger partial charge >= 0.3 is 6.18 Å². The summed E-state index contributed by atoms with van der Waals surface area (Å²) in [4.78, 5) is 0. The monoisotopic (exact) mass is 404 g/mol. The summed E-state index contributed by atoms with van der Waals surface area (Å²) in [7, 11) is 0. The van der Waals surface area contributed by atoms with Gasteiger partial charge in [-0.1, -0.05) is 5.16 Å². The number of ether oxygens (including phenoxy) is 1. The first kappa shape index (κ1) is 18.7. The maximum absolute atomic E-state index is 14.2. The number of fused-ring (bicyclic) bond motifs is 1. The van der Waals surface area contributed by atoms with Crippen LogP contribution in [0.25, 0.3) is 22.1 Å². The van der Waals surface area contributed by atoms with Crippen LogP contribution < -0.4 is 10.5 Å². The molecule has 0 aliphatic carbocycles. The lowest BCUT2D eigenvalue weighted by atomic mass is 10.0. The topological polar surface area (TPSA) is 87.1 Å². The SMILES string of the molecule is Cc1cc2c(N)noc2cc1Oc1cc(F)c(C(F)(F)F)cc1-c1ccnnc1. The lowest BCUT2D eigenvalue weighted by Crippen LogP contribution is -2.09. The molecule has 4 aromatic rings. The number of benzene rings is 2. The Morgan fingerprint density at radius 3 is 2.55 bits per heavy atom. The molecule has 29 heavy (non-hydrogen) atoms. The lowest BCUT2D eigenvalue weighted by Gasteiger charge is -2.16. The second-order valence-electron chi connectivity index (χ2n) is 6.24. The average molecular weight is 404 g/mol. The first-order valence-electron chi connectivity index (χ1n) is 8.25. The fourth-order valence-corrected chi connectivity index (χ4v) is 2.85. The van der Waals surface area contributed by atoms with E-state index in [1.54, 1.807) is 13.0 Å². The highest BCUT2D eigenvalue weighted by Crippen LogP contribution is 2.41. The van der Waals surface area contributed by atoms with Crippen LogP contribution in [0.1, 0.15) is 11.1 Å². The van der Waals surface area contributed by atoms with Crippen molar-refractivity contribution in [2.75, 3.05) is 5.73 Å². The van der Waals surface area contributed by atoms with Crippen LogP contribution in [-0.4, -0.2) is 15.4 Å². The van der Waals surface area contributed by atoms with Crippen LogP contribution >= 0.6 is 0 Å².